The summed E-state index contributed by atoms with van der Waals surface area (Å²) in [6.07, 6.45) is 1.95. The molecular weight excluding hydrogens is 268 g/mol. The van der Waals surface area contributed by atoms with Crippen LogP contribution in [0.25, 0.3) is 0 Å². The van der Waals surface area contributed by atoms with Crippen molar-refractivity contribution in [2.45, 2.75) is 44.8 Å². The molecule has 1 fully saturated rings. The molecule has 106 valence electrons. The molecule has 2 amide bonds. The van der Waals surface area contributed by atoms with Crippen LogP contribution in [0.4, 0.5) is 0 Å². The van der Waals surface area contributed by atoms with Gasteiger partial charge in [0, 0.05) is 5.41 Å². The summed E-state index contributed by atoms with van der Waals surface area (Å²) in [7, 11) is -3.26. The van der Waals surface area contributed by atoms with Crippen LogP contribution in [-0.4, -0.2) is 48.5 Å². The molecule has 2 heterocycles. The molecule has 0 saturated carbocycles. The molecule has 0 aliphatic carbocycles. The Hall–Kier alpha value is -1.37. The van der Waals surface area contributed by atoms with Crippen molar-refractivity contribution < 1.29 is 18.0 Å². The molecule has 2 rings (SSSR count). The van der Waals surface area contributed by atoms with Crippen LogP contribution in [0, 0.1) is 0 Å². The number of nitrogens with zero attached hydrogens (tertiary/aromatic N) is 1. The van der Waals surface area contributed by atoms with E-state index >= 15 is 0 Å². The summed E-state index contributed by atoms with van der Waals surface area (Å²) in [6, 6.07) is -1.21. The lowest BCUT2D eigenvalue weighted by atomic mass is 9.91. The number of carbonyl (C=O) groups excluding carboxylic acids is 2. The largest absolute Gasteiger partial charge is 0.340 e. The van der Waals surface area contributed by atoms with Gasteiger partial charge in [0.2, 0.25) is 11.8 Å². The second kappa shape index (κ2) is 4.33. The smallest absolute Gasteiger partial charge is 0.249 e. The van der Waals surface area contributed by atoms with Crippen molar-refractivity contribution in [3.8, 4) is 0 Å². The quantitative estimate of drug-likeness (QED) is 0.763. The molecule has 0 aromatic heterocycles. The maximum Gasteiger partial charge on any atom is 0.249 e. The Balaban J connectivity index is 2.35. The first-order valence-electron chi connectivity index (χ1n) is 6.26. The summed E-state index contributed by atoms with van der Waals surface area (Å²) in [5, 5.41) is 3.83. The van der Waals surface area contributed by atoms with Gasteiger partial charge in [-0.25, -0.2) is 8.42 Å². The van der Waals surface area contributed by atoms with Crippen molar-refractivity contribution in [2.24, 2.45) is 0 Å². The van der Waals surface area contributed by atoms with E-state index in [2.05, 4.69) is 5.32 Å². The van der Waals surface area contributed by atoms with Gasteiger partial charge in [0.05, 0.1) is 11.8 Å². The van der Waals surface area contributed by atoms with Crippen LogP contribution >= 0.6 is 0 Å². The highest BCUT2D eigenvalue weighted by molar-refractivity contribution is 7.94. The zero-order valence-corrected chi connectivity index (χ0v) is 12.0. The number of nitrogens with one attached hydrogen (secondary N) is 1. The Morgan fingerprint density at radius 3 is 2.58 bits per heavy atom. The molecule has 1 saturated heterocycles. The molecule has 7 heteroatoms. The van der Waals surface area contributed by atoms with Crippen LogP contribution < -0.4 is 5.32 Å². The van der Waals surface area contributed by atoms with Gasteiger partial charge in [-0.1, -0.05) is 6.92 Å². The number of sulfone groups is 1. The topological polar surface area (TPSA) is 83.6 Å². The molecule has 0 radical (unpaired) electrons. The van der Waals surface area contributed by atoms with E-state index < -0.39 is 27.5 Å². The third-order valence-electron chi connectivity index (χ3n) is 3.88. The second-order valence-corrected chi connectivity index (χ2v) is 7.22. The first-order valence-corrected chi connectivity index (χ1v) is 7.97. The Morgan fingerprint density at radius 2 is 2.11 bits per heavy atom. The van der Waals surface area contributed by atoms with Crippen LogP contribution in [0.3, 0.4) is 0 Å². The summed E-state index contributed by atoms with van der Waals surface area (Å²) in [5.74, 6) is -0.619. The number of amides is 2. The minimum atomic E-state index is -3.26. The molecule has 1 N–H and O–H groups in total. The Morgan fingerprint density at radius 1 is 1.47 bits per heavy atom. The maximum absolute atomic E-state index is 12.5. The van der Waals surface area contributed by atoms with Crippen LogP contribution in [0.1, 0.15) is 27.2 Å². The molecule has 0 aromatic carbocycles. The molecule has 6 nitrogen and oxygen atoms in total. The lowest BCUT2D eigenvalue weighted by Crippen LogP contribution is -2.70. The van der Waals surface area contributed by atoms with E-state index in [1.54, 1.807) is 13.8 Å². The van der Waals surface area contributed by atoms with Crippen molar-refractivity contribution in [1.29, 1.82) is 0 Å². The highest BCUT2D eigenvalue weighted by atomic mass is 32.2. The highest BCUT2D eigenvalue weighted by Crippen LogP contribution is 2.26. The number of hydrogen-bond donors (Lipinski definition) is 1. The number of piperazine rings is 1. The normalized spacial score (nSPS) is 37.5. The minimum absolute atomic E-state index is 0.143. The zero-order valence-electron chi connectivity index (χ0n) is 11.2. The van der Waals surface area contributed by atoms with Gasteiger partial charge in [-0.05, 0) is 26.3 Å². The van der Waals surface area contributed by atoms with Crippen LogP contribution in [-0.2, 0) is 19.4 Å². The molecule has 0 aromatic rings. The van der Waals surface area contributed by atoms with Gasteiger partial charge in [-0.3, -0.25) is 9.59 Å². The Kier molecular flexibility index (Phi) is 3.20. The summed E-state index contributed by atoms with van der Waals surface area (Å²) in [6.45, 7) is 5.09. The minimum Gasteiger partial charge on any atom is -0.340 e. The fourth-order valence-electron chi connectivity index (χ4n) is 2.43. The summed E-state index contributed by atoms with van der Waals surface area (Å²) >= 11 is 0. The zero-order chi connectivity index (χ0) is 14.4. The van der Waals surface area contributed by atoms with Crippen molar-refractivity contribution in [2.75, 3.05) is 5.75 Å². The number of hydrogen-bond acceptors (Lipinski definition) is 4. The first-order chi connectivity index (χ1) is 8.70. The molecule has 2 aliphatic rings. The lowest BCUT2D eigenvalue weighted by molar-refractivity contribution is -0.155. The average molecular weight is 286 g/mol. The lowest BCUT2D eigenvalue weighted by Gasteiger charge is -2.45. The van der Waals surface area contributed by atoms with E-state index in [0.29, 0.717) is 6.42 Å². The van der Waals surface area contributed by atoms with Crippen LogP contribution in [0.2, 0.25) is 0 Å². The predicted molar refractivity (Wildman–Crippen MR) is 69.9 cm³/mol. The highest BCUT2D eigenvalue weighted by Gasteiger charge is 2.48. The standard InChI is InChI=1S/C12H18N2O4S/c1-4-12(3)11(16)14(8(2)10(15)13-12)9-5-6-19(17,18)7-9/h5-6,8-9H,4,7H2,1-3H3,(H,13,15). The van der Waals surface area contributed by atoms with E-state index in [4.69, 9.17) is 0 Å². The molecule has 0 spiro atoms. The van der Waals surface area contributed by atoms with E-state index in [9.17, 15) is 18.0 Å². The van der Waals surface area contributed by atoms with Crippen molar-refractivity contribution in [3.63, 3.8) is 0 Å². The maximum atomic E-state index is 12.5. The fraction of sp³-hybridized carbons (Fsp3) is 0.667. The first kappa shape index (κ1) is 14.0. The van der Waals surface area contributed by atoms with Gasteiger partial charge in [-0.2, -0.15) is 0 Å². The Bertz CT molecular complexity index is 554. The van der Waals surface area contributed by atoms with Gasteiger partial charge in [0.15, 0.2) is 9.84 Å². The van der Waals surface area contributed by atoms with Crippen molar-refractivity contribution in [3.05, 3.63) is 11.5 Å². The van der Waals surface area contributed by atoms with E-state index in [1.165, 1.54) is 11.0 Å². The van der Waals surface area contributed by atoms with Gasteiger partial charge in [0.25, 0.3) is 0 Å². The van der Waals surface area contributed by atoms with Crippen molar-refractivity contribution in [1.82, 2.24) is 10.2 Å². The van der Waals surface area contributed by atoms with Crippen molar-refractivity contribution >= 4 is 21.7 Å². The van der Waals surface area contributed by atoms with E-state index in [0.717, 1.165) is 5.41 Å². The number of rotatable bonds is 2. The van der Waals surface area contributed by atoms with Crippen LogP contribution in [0.15, 0.2) is 11.5 Å². The third kappa shape index (κ3) is 2.27. The summed E-state index contributed by atoms with van der Waals surface area (Å²) in [5.41, 5.74) is -0.955. The summed E-state index contributed by atoms with van der Waals surface area (Å²) < 4.78 is 23.0. The van der Waals surface area contributed by atoms with Gasteiger partial charge >= 0.3 is 0 Å². The average Bonchev–Trinajstić information content (AvgIpc) is 2.67. The number of carbonyl (C=O) groups is 2. The van der Waals surface area contributed by atoms with Gasteiger partial charge < -0.3 is 10.2 Å². The van der Waals surface area contributed by atoms with Gasteiger partial charge in [0.1, 0.15) is 11.6 Å². The Labute approximate surface area is 112 Å². The molecular formula is C12H18N2O4S. The summed E-state index contributed by atoms with van der Waals surface area (Å²) in [4.78, 5) is 25.9. The predicted octanol–water partition coefficient (Wildman–Crippen LogP) is -0.187. The second-order valence-electron chi connectivity index (χ2n) is 5.29. The third-order valence-corrected chi connectivity index (χ3v) is 5.26. The fourth-order valence-corrected chi connectivity index (χ4v) is 3.71. The monoisotopic (exact) mass is 286 g/mol. The van der Waals surface area contributed by atoms with E-state index in [-0.39, 0.29) is 17.6 Å². The van der Waals surface area contributed by atoms with Crippen LogP contribution in [0.5, 0.6) is 0 Å². The van der Waals surface area contributed by atoms with Gasteiger partial charge in [-0.15, -0.1) is 0 Å². The molecule has 0 bridgehead atoms. The molecule has 3 unspecified atom stereocenters. The molecule has 19 heavy (non-hydrogen) atoms. The molecule has 3 atom stereocenters. The molecule has 2 aliphatic heterocycles. The SMILES string of the molecule is CCC1(C)NC(=O)C(C)N(C2C=CS(=O)(=O)C2)C1=O. The van der Waals surface area contributed by atoms with E-state index in [1.807, 2.05) is 6.92 Å².